The number of halogens is 1. The van der Waals surface area contributed by atoms with Gasteiger partial charge in [-0.25, -0.2) is 4.90 Å². The number of hydrogen-bond acceptors (Lipinski definition) is 3. The average molecular weight is 363 g/mol. The molecule has 3 aromatic rings. The number of anilines is 2. The van der Waals surface area contributed by atoms with Crippen LogP contribution in [0.4, 0.5) is 11.4 Å². The van der Waals surface area contributed by atoms with Gasteiger partial charge in [-0.2, -0.15) is 0 Å². The molecule has 4 nitrogen and oxygen atoms in total. The van der Waals surface area contributed by atoms with Gasteiger partial charge in [-0.1, -0.05) is 60.1 Å². The van der Waals surface area contributed by atoms with E-state index in [4.69, 9.17) is 11.6 Å². The van der Waals surface area contributed by atoms with Crippen LogP contribution in [0.15, 0.2) is 77.5 Å². The van der Waals surface area contributed by atoms with Gasteiger partial charge < -0.3 is 5.32 Å². The highest BCUT2D eigenvalue weighted by Gasteiger charge is 2.39. The lowest BCUT2D eigenvalue weighted by molar-refractivity contribution is -0.120. The van der Waals surface area contributed by atoms with E-state index in [2.05, 4.69) is 5.32 Å². The van der Waals surface area contributed by atoms with Gasteiger partial charge in [0.1, 0.15) is 10.7 Å². The Bertz CT molecular complexity index is 1080. The predicted molar refractivity (Wildman–Crippen MR) is 104 cm³/mol. The Morgan fingerprint density at radius 2 is 1.62 bits per heavy atom. The highest BCUT2D eigenvalue weighted by molar-refractivity contribution is 6.53. The molecule has 0 radical (unpaired) electrons. The third-order valence-corrected chi connectivity index (χ3v) is 4.67. The minimum Gasteiger partial charge on any atom is -0.350 e. The molecule has 1 aliphatic heterocycles. The third kappa shape index (κ3) is 2.65. The van der Waals surface area contributed by atoms with Crippen molar-refractivity contribution < 1.29 is 9.59 Å². The summed E-state index contributed by atoms with van der Waals surface area (Å²) in [6.45, 7) is 1.95. The van der Waals surface area contributed by atoms with Gasteiger partial charge >= 0.3 is 0 Å². The molecule has 2 amide bonds. The summed E-state index contributed by atoms with van der Waals surface area (Å²) >= 11 is 6.21. The second-order valence-electron chi connectivity index (χ2n) is 6.13. The van der Waals surface area contributed by atoms with E-state index in [-0.39, 0.29) is 10.7 Å². The lowest BCUT2D eigenvalue weighted by atomic mass is 10.1. The summed E-state index contributed by atoms with van der Waals surface area (Å²) in [5.74, 6) is -0.985. The van der Waals surface area contributed by atoms with E-state index in [0.29, 0.717) is 11.4 Å². The zero-order valence-electron chi connectivity index (χ0n) is 14.0. The molecule has 0 saturated carbocycles. The Kier molecular flexibility index (Phi) is 3.98. The smallest absolute Gasteiger partial charge is 0.283 e. The van der Waals surface area contributed by atoms with Crippen LogP contribution in [0, 0.1) is 6.92 Å². The van der Waals surface area contributed by atoms with Crippen molar-refractivity contribution in [3.63, 3.8) is 0 Å². The molecule has 5 heteroatoms. The maximum atomic E-state index is 13.0. The van der Waals surface area contributed by atoms with Crippen LogP contribution >= 0.6 is 11.6 Å². The zero-order chi connectivity index (χ0) is 18.3. The first-order valence-electron chi connectivity index (χ1n) is 8.16. The Morgan fingerprint density at radius 1 is 0.885 bits per heavy atom. The number of nitrogens with zero attached hydrogens (tertiary/aromatic N) is 1. The zero-order valence-corrected chi connectivity index (χ0v) is 14.7. The summed E-state index contributed by atoms with van der Waals surface area (Å²) in [4.78, 5) is 26.8. The third-order valence-electron chi connectivity index (χ3n) is 4.32. The van der Waals surface area contributed by atoms with Gasteiger partial charge in [0.25, 0.3) is 11.8 Å². The fraction of sp³-hybridized carbons (Fsp3) is 0.0476. The topological polar surface area (TPSA) is 49.4 Å². The first-order chi connectivity index (χ1) is 12.6. The highest BCUT2D eigenvalue weighted by atomic mass is 35.5. The molecule has 0 atom stereocenters. The van der Waals surface area contributed by atoms with E-state index >= 15 is 0 Å². The summed E-state index contributed by atoms with van der Waals surface area (Å²) in [5, 5.41) is 4.65. The number of nitrogens with one attached hydrogen (secondary N) is 1. The van der Waals surface area contributed by atoms with Crippen molar-refractivity contribution in [1.82, 2.24) is 0 Å². The van der Waals surface area contributed by atoms with Gasteiger partial charge in [0, 0.05) is 11.1 Å². The first-order valence-corrected chi connectivity index (χ1v) is 8.54. The van der Waals surface area contributed by atoms with Gasteiger partial charge in [-0.3, -0.25) is 9.59 Å². The molecule has 0 spiro atoms. The molecule has 0 aromatic heterocycles. The van der Waals surface area contributed by atoms with Crippen molar-refractivity contribution in [3.8, 4) is 0 Å². The van der Waals surface area contributed by atoms with Crippen LogP contribution in [-0.2, 0) is 9.59 Å². The van der Waals surface area contributed by atoms with Gasteiger partial charge in [0.15, 0.2) is 0 Å². The lowest BCUT2D eigenvalue weighted by Gasteiger charge is -2.17. The molecule has 1 N–H and O–H groups in total. The van der Waals surface area contributed by atoms with Crippen molar-refractivity contribution in [1.29, 1.82) is 0 Å². The van der Waals surface area contributed by atoms with Crippen molar-refractivity contribution in [2.24, 2.45) is 0 Å². The summed E-state index contributed by atoms with van der Waals surface area (Å²) < 4.78 is 0. The van der Waals surface area contributed by atoms with E-state index < -0.39 is 11.8 Å². The second kappa shape index (κ2) is 6.32. The van der Waals surface area contributed by atoms with Gasteiger partial charge in [0.05, 0.1) is 5.69 Å². The Labute approximate surface area is 155 Å². The number of rotatable bonds is 3. The molecule has 1 aliphatic rings. The maximum absolute atomic E-state index is 13.0. The lowest BCUT2D eigenvalue weighted by Crippen LogP contribution is -2.32. The van der Waals surface area contributed by atoms with Gasteiger partial charge in [-0.05, 0) is 36.1 Å². The van der Waals surface area contributed by atoms with E-state index in [1.54, 1.807) is 6.07 Å². The molecule has 0 bridgehead atoms. The first kappa shape index (κ1) is 16.4. The van der Waals surface area contributed by atoms with E-state index in [1.165, 1.54) is 0 Å². The molecule has 26 heavy (non-hydrogen) atoms. The number of carbonyl (C=O) groups is 2. The molecule has 1 heterocycles. The molecule has 0 aliphatic carbocycles. The van der Waals surface area contributed by atoms with E-state index in [9.17, 15) is 9.59 Å². The predicted octanol–water partition coefficient (Wildman–Crippen LogP) is 4.58. The summed E-state index contributed by atoms with van der Waals surface area (Å²) in [5.41, 5.74) is 2.36. The Morgan fingerprint density at radius 3 is 2.42 bits per heavy atom. The molecular formula is C21H15ClN2O2. The van der Waals surface area contributed by atoms with Gasteiger partial charge in [-0.15, -0.1) is 0 Å². The number of amides is 2. The molecule has 128 valence electrons. The van der Waals surface area contributed by atoms with E-state index in [0.717, 1.165) is 21.2 Å². The van der Waals surface area contributed by atoms with E-state index in [1.807, 2.05) is 67.6 Å². The van der Waals surface area contributed by atoms with Crippen LogP contribution in [0.5, 0.6) is 0 Å². The second-order valence-corrected chi connectivity index (χ2v) is 6.51. The van der Waals surface area contributed by atoms with Gasteiger partial charge in [0.2, 0.25) is 0 Å². The molecule has 0 saturated heterocycles. The fourth-order valence-corrected chi connectivity index (χ4v) is 3.31. The largest absolute Gasteiger partial charge is 0.350 e. The van der Waals surface area contributed by atoms with Crippen molar-refractivity contribution >= 4 is 45.6 Å². The molecule has 4 rings (SSSR count). The Balaban J connectivity index is 1.75. The van der Waals surface area contributed by atoms with Crippen LogP contribution in [0.2, 0.25) is 0 Å². The van der Waals surface area contributed by atoms with Crippen LogP contribution in [0.1, 0.15) is 5.56 Å². The number of imide groups is 1. The number of aryl methyl sites for hydroxylation is 1. The fourth-order valence-electron chi connectivity index (χ4n) is 3.10. The van der Waals surface area contributed by atoms with Crippen molar-refractivity contribution in [2.75, 3.05) is 10.2 Å². The molecule has 3 aromatic carbocycles. The monoisotopic (exact) mass is 362 g/mol. The average Bonchev–Trinajstić information content (AvgIpc) is 2.85. The Hall–Kier alpha value is -3.11. The van der Waals surface area contributed by atoms with Crippen LogP contribution in [0.3, 0.4) is 0 Å². The SMILES string of the molecule is Cc1cccc(NC2=C(Cl)C(=O)N(c3cccc4ccccc34)C2=O)c1. The molecular weight excluding hydrogens is 348 g/mol. The van der Waals surface area contributed by atoms with Crippen LogP contribution in [0.25, 0.3) is 10.8 Å². The van der Waals surface area contributed by atoms with Crippen molar-refractivity contribution in [3.05, 3.63) is 83.0 Å². The number of benzene rings is 3. The molecule has 0 fully saturated rings. The summed E-state index contributed by atoms with van der Waals surface area (Å²) in [7, 11) is 0. The number of carbonyl (C=O) groups excluding carboxylic acids is 2. The standard InChI is InChI=1S/C21H15ClN2O2/c1-13-6-4-9-15(12-13)23-19-18(22)20(25)24(21(19)26)17-11-5-8-14-7-2-3-10-16(14)17/h2-12,23H,1H3. The number of hydrogen-bond donors (Lipinski definition) is 1. The minimum atomic E-state index is -0.525. The summed E-state index contributed by atoms with van der Waals surface area (Å²) in [6, 6.07) is 20.6. The van der Waals surface area contributed by atoms with Crippen molar-refractivity contribution in [2.45, 2.75) is 6.92 Å². The summed E-state index contributed by atoms with van der Waals surface area (Å²) in [6.07, 6.45) is 0. The van der Waals surface area contributed by atoms with Crippen LogP contribution < -0.4 is 10.2 Å². The maximum Gasteiger partial charge on any atom is 0.283 e. The normalized spacial score (nSPS) is 14.5. The highest BCUT2D eigenvalue weighted by Crippen LogP contribution is 2.34. The minimum absolute atomic E-state index is 0.0928. The quantitative estimate of drug-likeness (QED) is 0.693. The molecule has 0 unspecified atom stereocenters. The van der Waals surface area contributed by atoms with Crippen LogP contribution in [-0.4, -0.2) is 11.8 Å². The number of fused-ring (bicyclic) bond motifs is 1.